The molecule has 1 aromatic rings. The Hall–Kier alpha value is -1.12. The van der Waals surface area contributed by atoms with Crippen LogP contribution in [-0.4, -0.2) is 6.05 Å². The van der Waals surface area contributed by atoms with Gasteiger partial charge in [0.2, 0.25) is 0 Å². The van der Waals surface area contributed by atoms with Crippen molar-refractivity contribution in [2.75, 3.05) is 5.32 Å². The van der Waals surface area contributed by atoms with Gasteiger partial charge < -0.3 is 5.32 Å². The molecule has 0 aromatic heterocycles. The van der Waals surface area contributed by atoms with E-state index in [4.69, 9.17) is 0 Å². The SMILES string of the molecule is CC1CC(C(C)(C)Cc2cccc(NC(C)(F)F)c2)C1. The molecule has 112 valence electrons. The third kappa shape index (κ3) is 3.94. The maximum atomic E-state index is 13.0. The van der Waals surface area contributed by atoms with Gasteiger partial charge in [0.25, 0.3) is 0 Å². The van der Waals surface area contributed by atoms with E-state index in [0.717, 1.165) is 30.7 Å². The Morgan fingerprint density at radius 2 is 1.85 bits per heavy atom. The number of benzene rings is 1. The Kier molecular flexibility index (Phi) is 4.08. The molecule has 20 heavy (non-hydrogen) atoms. The smallest absolute Gasteiger partial charge is 0.320 e. The molecule has 1 nitrogen and oxygen atoms in total. The second kappa shape index (κ2) is 5.34. The van der Waals surface area contributed by atoms with Crippen molar-refractivity contribution >= 4 is 5.69 Å². The van der Waals surface area contributed by atoms with Crippen molar-refractivity contribution in [3.63, 3.8) is 0 Å². The van der Waals surface area contributed by atoms with Crippen LogP contribution in [0.1, 0.15) is 46.1 Å². The molecular formula is C17H25F2N. The van der Waals surface area contributed by atoms with Crippen molar-refractivity contribution in [2.45, 2.75) is 53.0 Å². The first kappa shape index (κ1) is 15.3. The average molecular weight is 281 g/mol. The van der Waals surface area contributed by atoms with Gasteiger partial charge in [-0.25, -0.2) is 0 Å². The molecule has 0 unspecified atom stereocenters. The fourth-order valence-corrected chi connectivity index (χ4v) is 3.22. The zero-order chi connectivity index (χ0) is 15.0. The van der Waals surface area contributed by atoms with Crippen molar-refractivity contribution in [1.82, 2.24) is 0 Å². The molecule has 0 radical (unpaired) electrons. The average Bonchev–Trinajstić information content (AvgIpc) is 2.22. The fourth-order valence-electron chi connectivity index (χ4n) is 3.22. The highest BCUT2D eigenvalue weighted by Crippen LogP contribution is 2.46. The predicted molar refractivity (Wildman–Crippen MR) is 80.1 cm³/mol. The number of hydrogen-bond acceptors (Lipinski definition) is 1. The normalized spacial score (nSPS) is 23.3. The summed E-state index contributed by atoms with van der Waals surface area (Å²) < 4.78 is 26.0. The van der Waals surface area contributed by atoms with E-state index in [9.17, 15) is 8.78 Å². The molecule has 1 aliphatic rings. The van der Waals surface area contributed by atoms with E-state index in [1.807, 2.05) is 18.2 Å². The fraction of sp³-hybridized carbons (Fsp3) is 0.647. The first-order valence-electron chi connectivity index (χ1n) is 7.41. The summed E-state index contributed by atoms with van der Waals surface area (Å²) in [5.74, 6) is 1.59. The van der Waals surface area contributed by atoms with Crippen LogP contribution in [0.3, 0.4) is 0 Å². The maximum absolute atomic E-state index is 13.0. The first-order valence-corrected chi connectivity index (χ1v) is 7.41. The zero-order valence-electron chi connectivity index (χ0n) is 12.8. The lowest BCUT2D eigenvalue weighted by Gasteiger charge is -2.44. The van der Waals surface area contributed by atoms with Crippen molar-refractivity contribution in [3.8, 4) is 0 Å². The van der Waals surface area contributed by atoms with Gasteiger partial charge in [-0.05, 0) is 54.2 Å². The third-order valence-electron chi connectivity index (χ3n) is 4.43. The van der Waals surface area contributed by atoms with Gasteiger partial charge in [0.05, 0.1) is 0 Å². The van der Waals surface area contributed by atoms with Crippen LogP contribution in [0, 0.1) is 17.3 Å². The van der Waals surface area contributed by atoms with Crippen LogP contribution in [-0.2, 0) is 6.42 Å². The van der Waals surface area contributed by atoms with Gasteiger partial charge in [-0.2, -0.15) is 8.78 Å². The topological polar surface area (TPSA) is 12.0 Å². The minimum absolute atomic E-state index is 0.236. The highest BCUT2D eigenvalue weighted by Gasteiger charge is 2.37. The summed E-state index contributed by atoms with van der Waals surface area (Å²) in [4.78, 5) is 0. The van der Waals surface area contributed by atoms with Gasteiger partial charge in [0.1, 0.15) is 0 Å². The summed E-state index contributed by atoms with van der Waals surface area (Å²) in [6, 6.07) is 4.55. The summed E-state index contributed by atoms with van der Waals surface area (Å²) >= 11 is 0. The molecule has 0 saturated heterocycles. The molecule has 1 saturated carbocycles. The van der Waals surface area contributed by atoms with E-state index in [0.29, 0.717) is 5.69 Å². The van der Waals surface area contributed by atoms with Crippen LogP contribution in [0.2, 0.25) is 0 Å². The van der Waals surface area contributed by atoms with Crippen molar-refractivity contribution < 1.29 is 8.78 Å². The van der Waals surface area contributed by atoms with E-state index < -0.39 is 6.05 Å². The summed E-state index contributed by atoms with van der Waals surface area (Å²) in [7, 11) is 0. The van der Waals surface area contributed by atoms with Crippen LogP contribution >= 0.6 is 0 Å². The Morgan fingerprint density at radius 3 is 2.40 bits per heavy atom. The van der Waals surface area contributed by atoms with Crippen LogP contribution < -0.4 is 5.32 Å². The molecule has 0 aliphatic heterocycles. The summed E-state index contributed by atoms with van der Waals surface area (Å²) in [5, 5.41) is 2.24. The van der Waals surface area contributed by atoms with Gasteiger partial charge in [-0.3, -0.25) is 0 Å². The van der Waals surface area contributed by atoms with Crippen molar-refractivity contribution in [1.29, 1.82) is 0 Å². The number of nitrogens with one attached hydrogen (secondary N) is 1. The Balaban J connectivity index is 2.04. The molecule has 0 atom stereocenters. The van der Waals surface area contributed by atoms with Crippen molar-refractivity contribution in [2.24, 2.45) is 17.3 Å². The highest BCUT2D eigenvalue weighted by molar-refractivity contribution is 5.46. The molecule has 2 rings (SSSR count). The van der Waals surface area contributed by atoms with E-state index in [1.165, 1.54) is 12.8 Å². The minimum atomic E-state index is -2.88. The Morgan fingerprint density at radius 1 is 1.20 bits per heavy atom. The van der Waals surface area contributed by atoms with Gasteiger partial charge in [-0.15, -0.1) is 0 Å². The number of rotatable bonds is 5. The molecule has 0 bridgehead atoms. The molecule has 0 heterocycles. The summed E-state index contributed by atoms with van der Waals surface area (Å²) in [6.07, 6.45) is 3.52. The lowest BCUT2D eigenvalue weighted by molar-refractivity contribution is 0.0543. The lowest BCUT2D eigenvalue weighted by atomic mass is 9.61. The molecule has 1 aromatic carbocycles. The van der Waals surface area contributed by atoms with E-state index in [2.05, 4.69) is 26.1 Å². The van der Waals surface area contributed by atoms with Crippen molar-refractivity contribution in [3.05, 3.63) is 29.8 Å². The number of anilines is 1. The number of alkyl halides is 2. The molecular weight excluding hydrogens is 256 g/mol. The van der Waals surface area contributed by atoms with E-state index in [-0.39, 0.29) is 5.41 Å². The monoisotopic (exact) mass is 281 g/mol. The largest absolute Gasteiger partial charge is 0.327 e. The van der Waals surface area contributed by atoms with Crippen LogP contribution in [0.15, 0.2) is 24.3 Å². The Bertz CT molecular complexity index is 456. The number of halogens is 2. The summed E-state index contributed by atoms with van der Waals surface area (Å²) in [5.41, 5.74) is 1.86. The third-order valence-corrected chi connectivity index (χ3v) is 4.43. The van der Waals surface area contributed by atoms with Crippen LogP contribution in [0.5, 0.6) is 0 Å². The zero-order valence-corrected chi connectivity index (χ0v) is 12.8. The highest BCUT2D eigenvalue weighted by atomic mass is 19.3. The lowest BCUT2D eigenvalue weighted by Crippen LogP contribution is -2.36. The minimum Gasteiger partial charge on any atom is -0.327 e. The second-order valence-corrected chi connectivity index (χ2v) is 7.15. The molecule has 0 amide bonds. The van der Waals surface area contributed by atoms with Gasteiger partial charge in [0.15, 0.2) is 0 Å². The molecule has 1 fully saturated rings. The van der Waals surface area contributed by atoms with Gasteiger partial charge in [-0.1, -0.05) is 32.9 Å². The predicted octanol–water partition coefficient (Wildman–Crippen LogP) is 5.33. The standard InChI is InChI=1S/C17H25F2N/c1-12-8-14(9-12)16(2,3)11-13-6-5-7-15(10-13)20-17(4,18)19/h5-7,10,12,14,20H,8-9,11H2,1-4H3. The molecule has 0 spiro atoms. The first-order chi connectivity index (χ1) is 9.16. The number of hydrogen-bond donors (Lipinski definition) is 1. The second-order valence-electron chi connectivity index (χ2n) is 7.15. The Labute approximate surface area is 120 Å². The molecule has 1 aliphatic carbocycles. The summed E-state index contributed by atoms with van der Waals surface area (Å²) in [6.45, 7) is 7.75. The van der Waals surface area contributed by atoms with Gasteiger partial charge in [0, 0.05) is 12.6 Å². The van der Waals surface area contributed by atoms with Crippen LogP contribution in [0.25, 0.3) is 0 Å². The quantitative estimate of drug-likeness (QED) is 0.720. The molecule has 1 N–H and O–H groups in total. The molecule has 3 heteroatoms. The van der Waals surface area contributed by atoms with Crippen LogP contribution in [0.4, 0.5) is 14.5 Å². The van der Waals surface area contributed by atoms with E-state index >= 15 is 0 Å². The van der Waals surface area contributed by atoms with E-state index in [1.54, 1.807) is 6.07 Å². The van der Waals surface area contributed by atoms with Gasteiger partial charge >= 0.3 is 6.05 Å². The maximum Gasteiger partial charge on any atom is 0.320 e.